The Morgan fingerprint density at radius 1 is 1.47 bits per heavy atom. The molecule has 6 heteroatoms. The second-order valence-electron chi connectivity index (χ2n) is 4.45. The zero-order valence-electron chi connectivity index (χ0n) is 10.8. The van der Waals surface area contributed by atoms with Crippen LogP contribution in [0.4, 0.5) is 14.5 Å². The molecule has 1 aliphatic rings. The molecule has 1 unspecified atom stereocenters. The number of aryl methyl sites for hydroxylation is 1. The predicted octanol–water partition coefficient (Wildman–Crippen LogP) is 1.92. The average molecular weight is 270 g/mol. The summed E-state index contributed by atoms with van der Waals surface area (Å²) < 4.78 is 29.0. The first-order valence-electron chi connectivity index (χ1n) is 6.07. The van der Waals surface area contributed by atoms with Crippen LogP contribution in [0.1, 0.15) is 12.0 Å². The number of alkyl halides is 2. The van der Waals surface area contributed by atoms with Crippen molar-refractivity contribution >= 4 is 11.6 Å². The number of carbonyl (C=O) groups excluding carboxylic acids is 1. The molecule has 104 valence electrons. The fraction of sp³-hybridized carbons (Fsp3) is 0.462. The minimum atomic E-state index is -2.87. The van der Waals surface area contributed by atoms with Crippen LogP contribution >= 0.6 is 0 Å². The van der Waals surface area contributed by atoms with Crippen LogP contribution in [0.5, 0.6) is 5.75 Å². The van der Waals surface area contributed by atoms with Gasteiger partial charge in [-0.25, -0.2) is 0 Å². The van der Waals surface area contributed by atoms with Crippen molar-refractivity contribution in [1.29, 1.82) is 0 Å². The summed E-state index contributed by atoms with van der Waals surface area (Å²) in [7, 11) is 1.73. The van der Waals surface area contributed by atoms with Crippen LogP contribution in [0.3, 0.4) is 0 Å². The van der Waals surface area contributed by atoms with Gasteiger partial charge in [0.1, 0.15) is 5.75 Å². The second-order valence-corrected chi connectivity index (χ2v) is 4.45. The molecule has 1 aromatic carbocycles. The Hall–Kier alpha value is -1.69. The molecule has 19 heavy (non-hydrogen) atoms. The fourth-order valence-corrected chi connectivity index (χ4v) is 2.18. The molecule has 1 fully saturated rings. The molecule has 1 amide bonds. The topological polar surface area (TPSA) is 41.6 Å². The number of nitrogens with one attached hydrogen (secondary N) is 1. The molecule has 0 aromatic heterocycles. The lowest BCUT2D eigenvalue weighted by atomic mass is 10.2. The number of halogens is 2. The van der Waals surface area contributed by atoms with Gasteiger partial charge >= 0.3 is 6.61 Å². The number of amides is 1. The summed E-state index contributed by atoms with van der Waals surface area (Å²) in [6.07, 6.45) is 0.703. The molecule has 1 N–H and O–H groups in total. The largest absolute Gasteiger partial charge is 0.434 e. The van der Waals surface area contributed by atoms with Crippen LogP contribution in [-0.2, 0) is 4.79 Å². The number of ether oxygens (including phenoxy) is 1. The Morgan fingerprint density at radius 3 is 2.79 bits per heavy atom. The van der Waals surface area contributed by atoms with Gasteiger partial charge in [0.15, 0.2) is 0 Å². The number of anilines is 1. The summed E-state index contributed by atoms with van der Waals surface area (Å²) in [4.78, 5) is 13.6. The van der Waals surface area contributed by atoms with Gasteiger partial charge in [-0.3, -0.25) is 4.79 Å². The van der Waals surface area contributed by atoms with E-state index in [-0.39, 0.29) is 17.7 Å². The Bertz CT molecular complexity index is 480. The number of hydrogen-bond donors (Lipinski definition) is 1. The number of rotatable bonds is 4. The standard InChI is InChI=1S/C13H16F2N2O2/c1-8-3-4-9(7-11(8)19-13(14)15)17-6-5-10(16-2)12(17)18/h3-4,7,10,13,16H,5-6H2,1-2H3. The van der Waals surface area contributed by atoms with Crippen LogP contribution < -0.4 is 15.0 Å². The first-order chi connectivity index (χ1) is 9.02. The van der Waals surface area contributed by atoms with Crippen LogP contribution in [0.15, 0.2) is 18.2 Å². The van der Waals surface area contributed by atoms with Gasteiger partial charge in [-0.2, -0.15) is 8.78 Å². The van der Waals surface area contributed by atoms with Crippen LogP contribution in [0.25, 0.3) is 0 Å². The summed E-state index contributed by atoms with van der Waals surface area (Å²) >= 11 is 0. The van der Waals surface area contributed by atoms with Gasteiger partial charge in [-0.05, 0) is 32.0 Å². The van der Waals surface area contributed by atoms with Crippen molar-refractivity contribution in [1.82, 2.24) is 5.32 Å². The van der Waals surface area contributed by atoms with E-state index in [2.05, 4.69) is 10.1 Å². The third kappa shape index (κ3) is 2.84. The summed E-state index contributed by atoms with van der Waals surface area (Å²) in [5, 5.41) is 2.93. The van der Waals surface area contributed by atoms with Crippen molar-refractivity contribution in [3.8, 4) is 5.75 Å². The highest BCUT2D eigenvalue weighted by Gasteiger charge is 2.31. The van der Waals surface area contributed by atoms with Crippen LogP contribution in [0.2, 0.25) is 0 Å². The molecule has 1 saturated heterocycles. The van der Waals surface area contributed by atoms with Crippen molar-refractivity contribution in [3.63, 3.8) is 0 Å². The molecule has 4 nitrogen and oxygen atoms in total. The van der Waals surface area contributed by atoms with Gasteiger partial charge in [0.25, 0.3) is 0 Å². The van der Waals surface area contributed by atoms with Crippen molar-refractivity contribution in [2.45, 2.75) is 26.0 Å². The number of nitrogens with zero attached hydrogens (tertiary/aromatic N) is 1. The summed E-state index contributed by atoms with van der Waals surface area (Å²) in [5.41, 5.74) is 1.20. The van der Waals surface area contributed by atoms with E-state index < -0.39 is 6.61 Å². The molecular formula is C13H16F2N2O2. The smallest absolute Gasteiger partial charge is 0.387 e. The van der Waals surface area contributed by atoms with Gasteiger partial charge in [-0.1, -0.05) is 6.07 Å². The lowest BCUT2D eigenvalue weighted by Gasteiger charge is -2.18. The normalized spacial score (nSPS) is 19.3. The molecular weight excluding hydrogens is 254 g/mol. The van der Waals surface area contributed by atoms with Gasteiger partial charge in [0.2, 0.25) is 5.91 Å². The molecule has 0 spiro atoms. The number of benzene rings is 1. The van der Waals surface area contributed by atoms with Gasteiger partial charge in [-0.15, -0.1) is 0 Å². The van der Waals surface area contributed by atoms with Crippen molar-refractivity contribution in [3.05, 3.63) is 23.8 Å². The minimum Gasteiger partial charge on any atom is -0.434 e. The van der Waals surface area contributed by atoms with Crippen molar-refractivity contribution < 1.29 is 18.3 Å². The first-order valence-corrected chi connectivity index (χ1v) is 6.07. The fourth-order valence-electron chi connectivity index (χ4n) is 2.18. The van der Waals surface area contributed by atoms with Gasteiger partial charge < -0.3 is 15.0 Å². The van der Waals surface area contributed by atoms with E-state index in [1.54, 1.807) is 31.0 Å². The van der Waals surface area contributed by atoms with Gasteiger partial charge in [0.05, 0.1) is 6.04 Å². The van der Waals surface area contributed by atoms with Gasteiger partial charge in [0, 0.05) is 18.3 Å². The van der Waals surface area contributed by atoms with E-state index >= 15 is 0 Å². The zero-order valence-corrected chi connectivity index (χ0v) is 10.8. The molecule has 1 atom stereocenters. The Morgan fingerprint density at radius 2 is 2.21 bits per heavy atom. The Labute approximate surface area is 110 Å². The maximum atomic E-state index is 12.3. The lowest BCUT2D eigenvalue weighted by Crippen LogP contribution is -2.36. The summed E-state index contributed by atoms with van der Waals surface area (Å²) in [6.45, 7) is -0.612. The van der Waals surface area contributed by atoms with E-state index in [1.807, 2.05) is 0 Å². The highest BCUT2D eigenvalue weighted by atomic mass is 19.3. The van der Waals surface area contributed by atoms with E-state index in [0.29, 0.717) is 24.2 Å². The number of likely N-dealkylation sites (N-methyl/N-ethyl adjacent to an activating group) is 1. The molecule has 0 aliphatic carbocycles. The number of hydrogen-bond acceptors (Lipinski definition) is 3. The number of carbonyl (C=O) groups is 1. The summed E-state index contributed by atoms with van der Waals surface area (Å²) in [6, 6.07) is 4.69. The molecule has 1 aromatic rings. The Kier molecular flexibility index (Phi) is 3.99. The molecule has 0 saturated carbocycles. The van der Waals surface area contributed by atoms with E-state index in [0.717, 1.165) is 0 Å². The Balaban J connectivity index is 2.24. The molecule has 1 aliphatic heterocycles. The quantitative estimate of drug-likeness (QED) is 0.909. The zero-order chi connectivity index (χ0) is 14.0. The van der Waals surface area contributed by atoms with E-state index in [4.69, 9.17) is 0 Å². The second kappa shape index (κ2) is 5.52. The molecule has 2 rings (SSSR count). The third-order valence-corrected chi connectivity index (χ3v) is 3.25. The third-order valence-electron chi connectivity index (χ3n) is 3.25. The lowest BCUT2D eigenvalue weighted by molar-refractivity contribution is -0.118. The van der Waals surface area contributed by atoms with E-state index in [1.165, 1.54) is 6.07 Å². The molecule has 0 bridgehead atoms. The monoisotopic (exact) mass is 270 g/mol. The first kappa shape index (κ1) is 13.7. The summed E-state index contributed by atoms with van der Waals surface area (Å²) in [5.74, 6) is 0.0579. The minimum absolute atomic E-state index is 0.0469. The molecule has 0 radical (unpaired) electrons. The van der Waals surface area contributed by atoms with E-state index in [9.17, 15) is 13.6 Å². The van der Waals surface area contributed by atoms with Crippen LogP contribution in [0, 0.1) is 6.92 Å². The average Bonchev–Trinajstić information content (AvgIpc) is 2.73. The predicted molar refractivity (Wildman–Crippen MR) is 67.6 cm³/mol. The maximum absolute atomic E-state index is 12.3. The van der Waals surface area contributed by atoms with Crippen molar-refractivity contribution in [2.75, 3.05) is 18.5 Å². The SMILES string of the molecule is CNC1CCN(c2ccc(C)c(OC(F)F)c2)C1=O. The maximum Gasteiger partial charge on any atom is 0.387 e. The highest BCUT2D eigenvalue weighted by Crippen LogP contribution is 2.29. The highest BCUT2D eigenvalue weighted by molar-refractivity contribution is 5.99. The van der Waals surface area contributed by atoms with Crippen LogP contribution in [-0.4, -0.2) is 32.2 Å². The van der Waals surface area contributed by atoms with Crippen molar-refractivity contribution in [2.24, 2.45) is 0 Å². The molecule has 1 heterocycles.